The van der Waals surface area contributed by atoms with Crippen LogP contribution in [0.5, 0.6) is 0 Å². The third-order valence-electron chi connectivity index (χ3n) is 5.07. The number of halogens is 1. The van der Waals surface area contributed by atoms with Gasteiger partial charge in [-0.05, 0) is 61.5 Å². The molecule has 152 valence electrons. The van der Waals surface area contributed by atoms with E-state index in [0.29, 0.717) is 45.2 Å². The van der Waals surface area contributed by atoms with Crippen LogP contribution < -0.4 is 10.3 Å². The molecule has 0 bridgehead atoms. The number of amides is 3. The normalized spacial score (nSPS) is 16.7. The Morgan fingerprint density at radius 2 is 1.71 bits per heavy atom. The standard InChI is InChI=1S/C23H14FN3O4/c1-12-18(23(30)27(26-12)15-5-3-14(24)4-6-15)11-16-7-9-20(31-16)13-2-8-17-19(10-13)22(29)25-21(17)28/h2-11H,1H3,(H,25,28,29)/b18-11+. The van der Waals surface area contributed by atoms with Crippen molar-refractivity contribution in [1.82, 2.24) is 5.32 Å². The van der Waals surface area contributed by atoms with Crippen LogP contribution in [0, 0.1) is 5.82 Å². The lowest BCUT2D eigenvalue weighted by Gasteiger charge is -2.11. The second kappa shape index (κ2) is 6.88. The van der Waals surface area contributed by atoms with Gasteiger partial charge in [-0.1, -0.05) is 6.07 Å². The molecule has 0 unspecified atom stereocenters. The molecule has 3 heterocycles. The molecule has 1 N–H and O–H groups in total. The summed E-state index contributed by atoms with van der Waals surface area (Å²) in [6, 6.07) is 13.7. The third-order valence-corrected chi connectivity index (χ3v) is 5.07. The molecule has 5 rings (SSSR count). The van der Waals surface area contributed by atoms with E-state index in [-0.39, 0.29) is 5.91 Å². The van der Waals surface area contributed by atoms with Crippen LogP contribution in [-0.4, -0.2) is 23.4 Å². The fourth-order valence-electron chi connectivity index (χ4n) is 3.49. The minimum Gasteiger partial charge on any atom is -0.457 e. The molecule has 0 saturated carbocycles. The number of fused-ring (bicyclic) bond motifs is 1. The Morgan fingerprint density at radius 3 is 2.48 bits per heavy atom. The van der Waals surface area contributed by atoms with Crippen LogP contribution in [0.3, 0.4) is 0 Å². The predicted octanol–water partition coefficient (Wildman–Crippen LogP) is 3.78. The third kappa shape index (κ3) is 3.14. The molecule has 2 aliphatic heterocycles. The van der Waals surface area contributed by atoms with Crippen LogP contribution >= 0.6 is 0 Å². The molecule has 2 aliphatic rings. The number of nitrogens with zero attached hydrogens (tertiary/aromatic N) is 2. The Bertz CT molecular complexity index is 1340. The van der Waals surface area contributed by atoms with Crippen molar-refractivity contribution >= 4 is 35.2 Å². The van der Waals surface area contributed by atoms with Crippen LogP contribution in [-0.2, 0) is 4.79 Å². The molecule has 7 nitrogen and oxygen atoms in total. The van der Waals surface area contributed by atoms with Crippen molar-refractivity contribution in [3.63, 3.8) is 0 Å². The predicted molar refractivity (Wildman–Crippen MR) is 111 cm³/mol. The van der Waals surface area contributed by atoms with Crippen LogP contribution in [0.15, 0.2) is 69.7 Å². The molecule has 0 spiro atoms. The fourth-order valence-corrected chi connectivity index (χ4v) is 3.49. The Balaban J connectivity index is 1.43. The first-order valence-electron chi connectivity index (χ1n) is 9.38. The summed E-state index contributed by atoms with van der Waals surface area (Å²) in [5, 5.41) is 7.72. The molecule has 0 atom stereocenters. The van der Waals surface area contributed by atoms with Gasteiger partial charge in [0.15, 0.2) is 0 Å². The van der Waals surface area contributed by atoms with Crippen molar-refractivity contribution in [1.29, 1.82) is 0 Å². The van der Waals surface area contributed by atoms with E-state index in [2.05, 4.69) is 10.4 Å². The first kappa shape index (κ1) is 18.7. The van der Waals surface area contributed by atoms with E-state index in [9.17, 15) is 18.8 Å². The molecule has 1 aromatic heterocycles. The molecular weight excluding hydrogens is 401 g/mol. The average molecular weight is 415 g/mol. The Labute approximate surface area is 175 Å². The summed E-state index contributed by atoms with van der Waals surface area (Å²) in [6.07, 6.45) is 1.58. The summed E-state index contributed by atoms with van der Waals surface area (Å²) in [5.41, 5.74) is 2.56. The molecule has 0 radical (unpaired) electrons. The molecule has 31 heavy (non-hydrogen) atoms. The molecule has 0 aliphatic carbocycles. The Morgan fingerprint density at radius 1 is 0.968 bits per heavy atom. The number of furan rings is 1. The monoisotopic (exact) mass is 415 g/mol. The zero-order chi connectivity index (χ0) is 21.7. The number of hydrogen-bond donors (Lipinski definition) is 1. The van der Waals surface area contributed by atoms with E-state index in [4.69, 9.17) is 4.42 Å². The van der Waals surface area contributed by atoms with Gasteiger partial charge >= 0.3 is 0 Å². The molecule has 3 aromatic rings. The van der Waals surface area contributed by atoms with Gasteiger partial charge in [0, 0.05) is 5.56 Å². The summed E-state index contributed by atoms with van der Waals surface area (Å²) in [5.74, 6) is -0.707. The summed E-state index contributed by atoms with van der Waals surface area (Å²) >= 11 is 0. The topological polar surface area (TPSA) is 92.0 Å². The van der Waals surface area contributed by atoms with Gasteiger partial charge in [0.1, 0.15) is 17.3 Å². The lowest BCUT2D eigenvalue weighted by atomic mass is 10.0. The highest BCUT2D eigenvalue weighted by Gasteiger charge is 2.29. The van der Waals surface area contributed by atoms with Crippen molar-refractivity contribution in [2.45, 2.75) is 6.92 Å². The number of hydrogen-bond acceptors (Lipinski definition) is 5. The molecule has 8 heteroatoms. The van der Waals surface area contributed by atoms with Crippen LogP contribution in [0.1, 0.15) is 33.4 Å². The summed E-state index contributed by atoms with van der Waals surface area (Å²) in [4.78, 5) is 36.4. The zero-order valence-electron chi connectivity index (χ0n) is 16.2. The lowest BCUT2D eigenvalue weighted by molar-refractivity contribution is -0.114. The minimum atomic E-state index is -0.444. The highest BCUT2D eigenvalue weighted by Crippen LogP contribution is 2.29. The van der Waals surface area contributed by atoms with E-state index >= 15 is 0 Å². The number of carbonyl (C=O) groups excluding carboxylic acids is 3. The van der Waals surface area contributed by atoms with Gasteiger partial charge in [0.25, 0.3) is 17.7 Å². The number of hydrazone groups is 1. The smallest absolute Gasteiger partial charge is 0.280 e. The number of imide groups is 1. The van der Waals surface area contributed by atoms with Crippen molar-refractivity contribution in [2.24, 2.45) is 5.10 Å². The molecule has 2 aromatic carbocycles. The van der Waals surface area contributed by atoms with Crippen LogP contribution in [0.4, 0.5) is 10.1 Å². The highest BCUT2D eigenvalue weighted by molar-refractivity contribution is 6.32. The summed E-state index contributed by atoms with van der Waals surface area (Å²) in [7, 11) is 0. The lowest BCUT2D eigenvalue weighted by Crippen LogP contribution is -2.21. The number of rotatable bonds is 3. The molecule has 3 amide bonds. The van der Waals surface area contributed by atoms with Crippen molar-refractivity contribution in [2.75, 3.05) is 5.01 Å². The van der Waals surface area contributed by atoms with Gasteiger partial charge in [0.05, 0.1) is 28.1 Å². The maximum absolute atomic E-state index is 13.2. The van der Waals surface area contributed by atoms with Crippen molar-refractivity contribution in [3.05, 3.63) is 82.9 Å². The second-order valence-corrected chi connectivity index (χ2v) is 7.08. The number of anilines is 1. The van der Waals surface area contributed by atoms with Gasteiger partial charge in [-0.15, -0.1) is 0 Å². The van der Waals surface area contributed by atoms with Gasteiger partial charge in [-0.25, -0.2) is 4.39 Å². The largest absolute Gasteiger partial charge is 0.457 e. The summed E-state index contributed by atoms with van der Waals surface area (Å²) in [6.45, 7) is 1.70. The van der Waals surface area contributed by atoms with E-state index < -0.39 is 17.6 Å². The maximum atomic E-state index is 13.2. The minimum absolute atomic E-state index is 0.294. The number of carbonyl (C=O) groups is 3. The van der Waals surface area contributed by atoms with Gasteiger partial charge in [-0.3, -0.25) is 19.7 Å². The highest BCUT2D eigenvalue weighted by atomic mass is 19.1. The molecular formula is C23H14FN3O4. The number of nitrogens with one attached hydrogen (secondary N) is 1. The zero-order valence-corrected chi connectivity index (χ0v) is 16.2. The van der Waals surface area contributed by atoms with Gasteiger partial charge in [0.2, 0.25) is 0 Å². The van der Waals surface area contributed by atoms with E-state index in [1.165, 1.54) is 29.3 Å². The van der Waals surface area contributed by atoms with Crippen LogP contribution in [0.25, 0.3) is 17.4 Å². The van der Waals surface area contributed by atoms with Gasteiger partial charge < -0.3 is 4.42 Å². The van der Waals surface area contributed by atoms with E-state index in [0.717, 1.165) is 0 Å². The first-order chi connectivity index (χ1) is 14.9. The summed E-state index contributed by atoms with van der Waals surface area (Å²) < 4.78 is 19.0. The van der Waals surface area contributed by atoms with Crippen molar-refractivity contribution < 1.29 is 23.2 Å². The Hall–Kier alpha value is -4.33. The van der Waals surface area contributed by atoms with E-state index in [1.807, 2.05) is 0 Å². The van der Waals surface area contributed by atoms with Crippen molar-refractivity contribution in [3.8, 4) is 11.3 Å². The quantitative estimate of drug-likeness (QED) is 0.521. The molecule has 0 saturated heterocycles. The van der Waals surface area contributed by atoms with Gasteiger partial charge in [-0.2, -0.15) is 10.1 Å². The Kier molecular flexibility index (Phi) is 4.14. The fraction of sp³-hybridized carbons (Fsp3) is 0.0435. The van der Waals surface area contributed by atoms with E-state index in [1.54, 1.807) is 43.3 Å². The maximum Gasteiger partial charge on any atom is 0.280 e. The first-order valence-corrected chi connectivity index (χ1v) is 9.38. The molecule has 0 fully saturated rings. The average Bonchev–Trinajstić information content (AvgIpc) is 3.42. The number of benzene rings is 2. The van der Waals surface area contributed by atoms with Crippen LogP contribution in [0.2, 0.25) is 0 Å². The second-order valence-electron chi connectivity index (χ2n) is 7.08. The SMILES string of the molecule is CC1=NN(c2ccc(F)cc2)C(=O)/C1=C/c1ccc(-c2ccc3c(c2)C(=O)NC3=O)o1.